The molecule has 1 heterocycles. The molecule has 0 spiro atoms. The van der Waals surface area contributed by atoms with Crippen molar-refractivity contribution in [2.45, 2.75) is 6.54 Å². The van der Waals surface area contributed by atoms with Crippen molar-refractivity contribution in [1.82, 2.24) is 0 Å². The van der Waals surface area contributed by atoms with Crippen LogP contribution in [0.5, 0.6) is 17.2 Å². The van der Waals surface area contributed by atoms with Crippen LogP contribution in [-0.4, -0.2) is 35.4 Å². The van der Waals surface area contributed by atoms with E-state index < -0.39 is 0 Å². The van der Waals surface area contributed by atoms with Gasteiger partial charge in [0.15, 0.2) is 24.2 Å². The number of rotatable bonds is 6. The van der Waals surface area contributed by atoms with Crippen LogP contribution in [0.3, 0.4) is 0 Å². The summed E-state index contributed by atoms with van der Waals surface area (Å²) in [7, 11) is 8.41. The molecule has 0 fully saturated rings. The molecule has 0 aliphatic rings. The Morgan fingerprint density at radius 3 is 2.04 bits per heavy atom. The Balaban J connectivity index is 2.36. The number of pyridine rings is 1. The molecule has 0 radical (unpaired) electrons. The molecule has 6 heteroatoms. The first-order valence-electron chi connectivity index (χ1n) is 7.15. The molecular formula is C17H22FN2O3+. The van der Waals surface area contributed by atoms with Crippen molar-refractivity contribution in [3.63, 3.8) is 0 Å². The van der Waals surface area contributed by atoms with E-state index in [4.69, 9.17) is 14.2 Å². The molecule has 0 N–H and O–H groups in total. The van der Waals surface area contributed by atoms with Gasteiger partial charge in [-0.2, -0.15) is 4.57 Å². The number of halogens is 1. The molecule has 0 saturated carbocycles. The zero-order valence-electron chi connectivity index (χ0n) is 14.1. The van der Waals surface area contributed by atoms with Gasteiger partial charge >= 0.3 is 5.95 Å². The Morgan fingerprint density at radius 2 is 1.61 bits per heavy atom. The molecule has 1 aromatic carbocycles. The number of aromatic nitrogens is 1. The highest BCUT2D eigenvalue weighted by Gasteiger charge is 2.18. The highest BCUT2D eigenvalue weighted by Crippen LogP contribution is 2.38. The number of methoxy groups -OCH3 is 3. The molecule has 1 aromatic heterocycles. The molecule has 0 saturated heterocycles. The van der Waals surface area contributed by atoms with Crippen molar-refractivity contribution in [2.24, 2.45) is 0 Å². The summed E-state index contributed by atoms with van der Waals surface area (Å²) in [5.74, 6) is 1.30. The summed E-state index contributed by atoms with van der Waals surface area (Å²) in [5, 5.41) is 0. The minimum Gasteiger partial charge on any atom is -0.493 e. The van der Waals surface area contributed by atoms with E-state index in [0.29, 0.717) is 23.8 Å². The fourth-order valence-corrected chi connectivity index (χ4v) is 2.32. The van der Waals surface area contributed by atoms with Gasteiger partial charge in [0.25, 0.3) is 0 Å². The van der Waals surface area contributed by atoms with Crippen molar-refractivity contribution in [1.29, 1.82) is 0 Å². The van der Waals surface area contributed by atoms with E-state index in [1.54, 1.807) is 27.5 Å². The van der Waals surface area contributed by atoms with Gasteiger partial charge in [-0.3, -0.25) is 0 Å². The van der Waals surface area contributed by atoms with E-state index in [1.165, 1.54) is 10.6 Å². The standard InChI is InChI=1S/C17H22FN2O3/c1-19(2)13-6-7-20(16(18)10-13)11-12-8-14(21-3)17(23-5)15(9-12)22-4/h6-10H,11H2,1-5H3/q+1. The Kier molecular flexibility index (Phi) is 5.26. The maximum Gasteiger partial charge on any atom is 0.361 e. The molecule has 0 aliphatic heterocycles. The van der Waals surface area contributed by atoms with Crippen molar-refractivity contribution >= 4 is 5.69 Å². The van der Waals surface area contributed by atoms with E-state index in [-0.39, 0.29) is 5.95 Å². The number of hydrogen-bond acceptors (Lipinski definition) is 4. The van der Waals surface area contributed by atoms with Crippen molar-refractivity contribution in [2.75, 3.05) is 40.3 Å². The second kappa shape index (κ2) is 7.17. The second-order valence-corrected chi connectivity index (χ2v) is 5.26. The van der Waals surface area contributed by atoms with Gasteiger partial charge in [0.1, 0.15) is 0 Å². The van der Waals surface area contributed by atoms with Gasteiger partial charge in [-0.1, -0.05) is 0 Å². The Labute approximate surface area is 135 Å². The third-order valence-corrected chi connectivity index (χ3v) is 3.56. The third-order valence-electron chi connectivity index (χ3n) is 3.56. The fraction of sp³-hybridized carbons (Fsp3) is 0.353. The number of benzene rings is 1. The SMILES string of the molecule is COc1cc(C[n+]2ccc(N(C)C)cc2F)cc(OC)c1OC. The summed E-state index contributed by atoms with van der Waals surface area (Å²) in [5.41, 5.74) is 1.66. The molecule has 5 nitrogen and oxygen atoms in total. The largest absolute Gasteiger partial charge is 0.493 e. The number of ether oxygens (including phenoxy) is 3. The summed E-state index contributed by atoms with van der Waals surface area (Å²) >= 11 is 0. The summed E-state index contributed by atoms with van der Waals surface area (Å²) in [6.07, 6.45) is 1.72. The molecule has 0 amide bonds. The van der Waals surface area contributed by atoms with Gasteiger partial charge in [0, 0.05) is 25.7 Å². The molecule has 2 aromatic rings. The molecule has 0 aliphatic carbocycles. The molecular weight excluding hydrogens is 299 g/mol. The minimum atomic E-state index is -0.315. The number of anilines is 1. The van der Waals surface area contributed by atoms with E-state index >= 15 is 0 Å². The van der Waals surface area contributed by atoms with Crippen LogP contribution in [0.25, 0.3) is 0 Å². The molecule has 0 unspecified atom stereocenters. The summed E-state index contributed by atoms with van der Waals surface area (Å²) in [6.45, 7) is 0.357. The van der Waals surface area contributed by atoms with Gasteiger partial charge in [-0.15, -0.1) is 4.39 Å². The van der Waals surface area contributed by atoms with Crippen LogP contribution in [0.15, 0.2) is 30.5 Å². The van der Waals surface area contributed by atoms with E-state index in [2.05, 4.69) is 0 Å². The van der Waals surface area contributed by atoms with Gasteiger partial charge in [0.05, 0.1) is 33.1 Å². The minimum absolute atomic E-state index is 0.315. The van der Waals surface area contributed by atoms with Gasteiger partial charge in [-0.25, -0.2) is 0 Å². The van der Waals surface area contributed by atoms with Gasteiger partial charge in [-0.05, 0) is 12.1 Å². The lowest BCUT2D eigenvalue weighted by molar-refractivity contribution is -0.715. The molecule has 0 atom stereocenters. The first-order valence-corrected chi connectivity index (χ1v) is 7.15. The summed E-state index contributed by atoms with van der Waals surface area (Å²) in [6, 6.07) is 6.99. The topological polar surface area (TPSA) is 34.8 Å². The summed E-state index contributed by atoms with van der Waals surface area (Å²) in [4.78, 5) is 1.85. The quantitative estimate of drug-likeness (QED) is 0.604. The zero-order chi connectivity index (χ0) is 17.0. The predicted molar refractivity (Wildman–Crippen MR) is 86.1 cm³/mol. The van der Waals surface area contributed by atoms with E-state index in [1.807, 2.05) is 37.2 Å². The smallest absolute Gasteiger partial charge is 0.361 e. The van der Waals surface area contributed by atoms with Crippen LogP contribution in [0, 0.1) is 5.95 Å². The second-order valence-electron chi connectivity index (χ2n) is 5.26. The van der Waals surface area contributed by atoms with Crippen molar-refractivity contribution in [3.8, 4) is 17.2 Å². The molecule has 124 valence electrons. The first-order chi connectivity index (χ1) is 11.0. The predicted octanol–water partition coefficient (Wildman–Crippen LogP) is 2.25. The average molecular weight is 321 g/mol. The number of nitrogens with zero attached hydrogens (tertiary/aromatic N) is 2. The lowest BCUT2D eigenvalue weighted by Crippen LogP contribution is -2.38. The van der Waals surface area contributed by atoms with Crippen LogP contribution in [0.4, 0.5) is 10.1 Å². The monoisotopic (exact) mass is 321 g/mol. The fourth-order valence-electron chi connectivity index (χ4n) is 2.32. The maximum absolute atomic E-state index is 14.3. The Hall–Kier alpha value is -2.50. The normalized spacial score (nSPS) is 10.3. The molecule has 0 bridgehead atoms. The lowest BCUT2D eigenvalue weighted by Gasteiger charge is -2.14. The third kappa shape index (κ3) is 3.64. The highest BCUT2D eigenvalue weighted by molar-refractivity contribution is 5.53. The number of hydrogen-bond donors (Lipinski definition) is 0. The lowest BCUT2D eigenvalue weighted by atomic mass is 10.1. The van der Waals surface area contributed by atoms with Crippen LogP contribution in [0.2, 0.25) is 0 Å². The van der Waals surface area contributed by atoms with Crippen LogP contribution in [-0.2, 0) is 6.54 Å². The van der Waals surface area contributed by atoms with Crippen molar-refractivity contribution < 1.29 is 23.2 Å². The van der Waals surface area contributed by atoms with E-state index in [0.717, 1.165) is 11.3 Å². The average Bonchev–Trinajstić information content (AvgIpc) is 2.55. The van der Waals surface area contributed by atoms with E-state index in [9.17, 15) is 4.39 Å². The zero-order valence-corrected chi connectivity index (χ0v) is 14.1. The van der Waals surface area contributed by atoms with Crippen LogP contribution in [0.1, 0.15) is 5.56 Å². The molecule has 23 heavy (non-hydrogen) atoms. The Bertz CT molecular complexity index is 665. The van der Waals surface area contributed by atoms with Gasteiger partial charge in [0.2, 0.25) is 5.75 Å². The van der Waals surface area contributed by atoms with Crippen molar-refractivity contribution in [3.05, 3.63) is 42.0 Å². The van der Waals surface area contributed by atoms with Crippen LogP contribution >= 0.6 is 0 Å². The molecule has 2 rings (SSSR count). The maximum atomic E-state index is 14.3. The van der Waals surface area contributed by atoms with Crippen LogP contribution < -0.4 is 23.7 Å². The highest BCUT2D eigenvalue weighted by atomic mass is 19.1. The Morgan fingerprint density at radius 1 is 1.00 bits per heavy atom. The summed E-state index contributed by atoms with van der Waals surface area (Å²) < 4.78 is 31.7. The first kappa shape index (κ1) is 16.9. The van der Waals surface area contributed by atoms with Gasteiger partial charge < -0.3 is 19.1 Å².